The lowest BCUT2D eigenvalue weighted by atomic mass is 10.1. The summed E-state index contributed by atoms with van der Waals surface area (Å²) in [6.45, 7) is 6.12. The van der Waals surface area contributed by atoms with Crippen LogP contribution in [0.5, 0.6) is 5.75 Å². The van der Waals surface area contributed by atoms with E-state index in [0.717, 1.165) is 6.42 Å². The van der Waals surface area contributed by atoms with Crippen LogP contribution in [0.2, 0.25) is 0 Å². The van der Waals surface area contributed by atoms with Crippen LogP contribution >= 0.6 is 0 Å². The van der Waals surface area contributed by atoms with Crippen LogP contribution in [0, 0.1) is 5.92 Å². The van der Waals surface area contributed by atoms with E-state index in [2.05, 4.69) is 4.72 Å². The van der Waals surface area contributed by atoms with E-state index < -0.39 is 16.1 Å². The van der Waals surface area contributed by atoms with Crippen molar-refractivity contribution >= 4 is 21.6 Å². The number of ether oxygens (including phenoxy) is 1. The van der Waals surface area contributed by atoms with Gasteiger partial charge in [-0.3, -0.25) is 4.79 Å². The van der Waals surface area contributed by atoms with E-state index >= 15 is 0 Å². The molecule has 1 atom stereocenters. The molecule has 7 heteroatoms. The van der Waals surface area contributed by atoms with Gasteiger partial charge in [-0.25, -0.2) is 13.1 Å². The van der Waals surface area contributed by atoms with Gasteiger partial charge in [-0.1, -0.05) is 13.8 Å². The SMILES string of the molecule is CC(C)CCNS(=O)(=O)c1ccc2c(c1)N(C)C(=O)C(C)O2. The maximum atomic E-state index is 12.3. The first-order chi connectivity index (χ1) is 10.2. The maximum absolute atomic E-state index is 12.3. The summed E-state index contributed by atoms with van der Waals surface area (Å²) in [6, 6.07) is 4.55. The van der Waals surface area contributed by atoms with Crippen molar-refractivity contribution in [2.24, 2.45) is 5.92 Å². The molecule has 0 saturated heterocycles. The molecule has 1 unspecified atom stereocenters. The number of rotatable bonds is 5. The number of hydrogen-bond acceptors (Lipinski definition) is 4. The van der Waals surface area contributed by atoms with E-state index in [1.807, 2.05) is 13.8 Å². The van der Waals surface area contributed by atoms with E-state index in [1.54, 1.807) is 20.0 Å². The molecule has 1 aromatic rings. The van der Waals surface area contributed by atoms with E-state index in [-0.39, 0.29) is 10.8 Å². The van der Waals surface area contributed by atoms with Crippen molar-refractivity contribution in [3.05, 3.63) is 18.2 Å². The minimum Gasteiger partial charge on any atom is -0.479 e. The fraction of sp³-hybridized carbons (Fsp3) is 0.533. The number of nitrogens with one attached hydrogen (secondary N) is 1. The molecule has 1 aromatic carbocycles. The van der Waals surface area contributed by atoms with Gasteiger partial charge >= 0.3 is 0 Å². The molecular formula is C15H22N2O4S. The topological polar surface area (TPSA) is 75.7 Å². The van der Waals surface area contributed by atoms with Gasteiger partial charge in [0.25, 0.3) is 5.91 Å². The molecule has 122 valence electrons. The Balaban J connectivity index is 2.26. The van der Waals surface area contributed by atoms with Crippen molar-refractivity contribution in [2.75, 3.05) is 18.5 Å². The van der Waals surface area contributed by atoms with Gasteiger partial charge < -0.3 is 9.64 Å². The van der Waals surface area contributed by atoms with Crippen molar-refractivity contribution in [1.29, 1.82) is 0 Å². The number of carbonyl (C=O) groups is 1. The second kappa shape index (κ2) is 6.26. The Morgan fingerprint density at radius 1 is 1.36 bits per heavy atom. The molecule has 0 fully saturated rings. The van der Waals surface area contributed by atoms with Crippen LogP contribution in [-0.4, -0.2) is 34.0 Å². The van der Waals surface area contributed by atoms with Crippen LogP contribution in [-0.2, 0) is 14.8 Å². The highest BCUT2D eigenvalue weighted by Gasteiger charge is 2.30. The minimum atomic E-state index is -3.59. The normalized spacial score (nSPS) is 18.3. The molecule has 1 N–H and O–H groups in total. The Morgan fingerprint density at radius 2 is 2.05 bits per heavy atom. The smallest absolute Gasteiger partial charge is 0.267 e. The highest BCUT2D eigenvalue weighted by atomic mass is 32.2. The van der Waals surface area contributed by atoms with Crippen LogP contribution in [0.25, 0.3) is 0 Å². The Labute approximate surface area is 131 Å². The first-order valence-corrected chi connectivity index (χ1v) is 8.78. The summed E-state index contributed by atoms with van der Waals surface area (Å²) in [6.07, 6.45) is 0.201. The average Bonchev–Trinajstić information content (AvgIpc) is 2.44. The summed E-state index contributed by atoms with van der Waals surface area (Å²) < 4.78 is 32.7. The third-order valence-electron chi connectivity index (χ3n) is 3.60. The van der Waals surface area contributed by atoms with Crippen LogP contribution in [0.4, 0.5) is 5.69 Å². The van der Waals surface area contributed by atoms with Crippen molar-refractivity contribution in [3.8, 4) is 5.75 Å². The molecule has 0 bridgehead atoms. The molecule has 0 radical (unpaired) electrons. The Morgan fingerprint density at radius 3 is 2.68 bits per heavy atom. The van der Waals surface area contributed by atoms with Crippen molar-refractivity contribution < 1.29 is 17.9 Å². The molecule has 0 aliphatic carbocycles. The van der Waals surface area contributed by atoms with Gasteiger partial charge in [0.2, 0.25) is 10.0 Å². The van der Waals surface area contributed by atoms with Crippen LogP contribution < -0.4 is 14.4 Å². The van der Waals surface area contributed by atoms with Crippen molar-refractivity contribution in [3.63, 3.8) is 0 Å². The summed E-state index contributed by atoms with van der Waals surface area (Å²) in [4.78, 5) is 13.5. The number of fused-ring (bicyclic) bond motifs is 1. The molecule has 0 aromatic heterocycles. The number of benzene rings is 1. The van der Waals surface area contributed by atoms with Gasteiger partial charge in [-0.2, -0.15) is 0 Å². The van der Waals surface area contributed by atoms with Crippen LogP contribution in [0.3, 0.4) is 0 Å². The molecule has 6 nitrogen and oxygen atoms in total. The summed E-state index contributed by atoms with van der Waals surface area (Å²) >= 11 is 0. The second-order valence-corrected chi connectivity index (χ2v) is 7.63. The third kappa shape index (κ3) is 3.41. The Bertz CT molecular complexity index is 670. The summed E-state index contributed by atoms with van der Waals surface area (Å²) in [5.41, 5.74) is 0.467. The molecular weight excluding hydrogens is 304 g/mol. The van der Waals surface area contributed by atoms with E-state index in [4.69, 9.17) is 4.74 Å². The second-order valence-electron chi connectivity index (χ2n) is 5.87. The lowest BCUT2D eigenvalue weighted by Gasteiger charge is -2.30. The van der Waals surface area contributed by atoms with Gasteiger partial charge in [0.05, 0.1) is 10.6 Å². The van der Waals surface area contributed by atoms with Gasteiger partial charge in [0.15, 0.2) is 6.10 Å². The van der Waals surface area contributed by atoms with Crippen LogP contribution in [0.15, 0.2) is 23.1 Å². The third-order valence-corrected chi connectivity index (χ3v) is 5.06. The zero-order chi connectivity index (χ0) is 16.5. The first kappa shape index (κ1) is 16.8. The molecule has 0 spiro atoms. The van der Waals surface area contributed by atoms with E-state index in [9.17, 15) is 13.2 Å². The summed E-state index contributed by atoms with van der Waals surface area (Å²) in [7, 11) is -1.97. The average molecular weight is 326 g/mol. The number of likely N-dealkylation sites (N-methyl/N-ethyl adjacent to an activating group) is 1. The number of anilines is 1. The van der Waals surface area contributed by atoms with Crippen molar-refractivity contribution in [1.82, 2.24) is 4.72 Å². The van der Waals surface area contributed by atoms with Gasteiger partial charge in [-0.15, -0.1) is 0 Å². The van der Waals surface area contributed by atoms with Gasteiger partial charge in [-0.05, 0) is 37.5 Å². The van der Waals surface area contributed by atoms with Crippen LogP contribution in [0.1, 0.15) is 27.2 Å². The minimum absolute atomic E-state index is 0.132. The predicted molar refractivity (Wildman–Crippen MR) is 84.6 cm³/mol. The lowest BCUT2D eigenvalue weighted by Crippen LogP contribution is -2.42. The predicted octanol–water partition coefficient (Wildman–Crippen LogP) is 1.75. The van der Waals surface area contributed by atoms with Gasteiger partial charge in [0.1, 0.15) is 5.75 Å². The van der Waals surface area contributed by atoms with Crippen molar-refractivity contribution in [2.45, 2.75) is 38.2 Å². The molecule has 1 amide bonds. The number of carbonyl (C=O) groups excluding carboxylic acids is 1. The lowest BCUT2D eigenvalue weighted by molar-refractivity contribution is -0.125. The fourth-order valence-corrected chi connectivity index (χ4v) is 3.29. The number of nitrogens with zero attached hydrogens (tertiary/aromatic N) is 1. The zero-order valence-electron chi connectivity index (χ0n) is 13.3. The standard InChI is InChI=1S/C15H22N2O4S/c1-10(2)7-8-16-22(19,20)12-5-6-14-13(9-12)17(4)15(18)11(3)21-14/h5-6,9-11,16H,7-8H2,1-4H3. The Hall–Kier alpha value is -1.60. The fourth-order valence-electron chi connectivity index (χ4n) is 2.22. The largest absolute Gasteiger partial charge is 0.479 e. The molecule has 1 heterocycles. The highest BCUT2D eigenvalue weighted by molar-refractivity contribution is 7.89. The number of hydrogen-bond donors (Lipinski definition) is 1. The number of sulfonamides is 1. The summed E-state index contributed by atoms with van der Waals surface area (Å²) in [5, 5.41) is 0. The molecule has 22 heavy (non-hydrogen) atoms. The maximum Gasteiger partial charge on any atom is 0.267 e. The zero-order valence-corrected chi connectivity index (χ0v) is 14.1. The van der Waals surface area contributed by atoms with E-state index in [1.165, 1.54) is 17.0 Å². The quantitative estimate of drug-likeness (QED) is 0.894. The van der Waals surface area contributed by atoms with E-state index in [0.29, 0.717) is 23.9 Å². The molecule has 0 saturated carbocycles. The molecule has 1 aliphatic rings. The Kier molecular flexibility index (Phi) is 4.77. The monoisotopic (exact) mass is 326 g/mol. The highest BCUT2D eigenvalue weighted by Crippen LogP contribution is 2.34. The molecule has 1 aliphatic heterocycles. The summed E-state index contributed by atoms with van der Waals surface area (Å²) in [5.74, 6) is 0.732. The first-order valence-electron chi connectivity index (χ1n) is 7.30. The van der Waals surface area contributed by atoms with Gasteiger partial charge in [0, 0.05) is 13.6 Å². The molecule has 2 rings (SSSR count). The number of amides is 1.